The van der Waals surface area contributed by atoms with Crippen molar-refractivity contribution >= 4 is 23.1 Å². The summed E-state index contributed by atoms with van der Waals surface area (Å²) in [5.74, 6) is 1.61. The average molecular weight is 376 g/mol. The highest BCUT2D eigenvalue weighted by Crippen LogP contribution is 2.33. The number of nitrogens with one attached hydrogen (secondary N) is 2. The van der Waals surface area contributed by atoms with E-state index in [1.54, 1.807) is 6.07 Å². The van der Waals surface area contributed by atoms with Gasteiger partial charge in [0.2, 0.25) is 0 Å². The number of aromatic nitrogens is 2. The van der Waals surface area contributed by atoms with E-state index in [0.717, 1.165) is 22.5 Å². The molecule has 0 atom stereocenters. The third-order valence-electron chi connectivity index (χ3n) is 4.34. The summed E-state index contributed by atoms with van der Waals surface area (Å²) in [7, 11) is 0. The maximum atomic E-state index is 12.6. The number of benzene rings is 2. The van der Waals surface area contributed by atoms with E-state index in [9.17, 15) is 4.79 Å². The summed E-state index contributed by atoms with van der Waals surface area (Å²) in [4.78, 5) is 20.9. The van der Waals surface area contributed by atoms with Gasteiger partial charge in [0.15, 0.2) is 11.5 Å². The van der Waals surface area contributed by atoms with Gasteiger partial charge in [0.1, 0.15) is 31.1 Å². The summed E-state index contributed by atoms with van der Waals surface area (Å²) in [5.41, 5.74) is 3.95. The molecular weight excluding hydrogens is 356 g/mol. The van der Waals surface area contributed by atoms with Gasteiger partial charge in [0.25, 0.3) is 5.91 Å². The van der Waals surface area contributed by atoms with Crippen LogP contribution in [0.25, 0.3) is 0 Å². The van der Waals surface area contributed by atoms with Crippen molar-refractivity contribution in [1.29, 1.82) is 0 Å². The fraction of sp³-hybridized carbons (Fsp3) is 0.190. The van der Waals surface area contributed by atoms with E-state index >= 15 is 0 Å². The Hall–Kier alpha value is -3.61. The average Bonchev–Trinajstić information content (AvgIpc) is 2.70. The molecule has 142 valence electrons. The molecule has 0 bridgehead atoms. The molecular formula is C21H20N4O3. The number of amides is 1. The number of carbonyl (C=O) groups excluding carboxylic acids is 1. The Balaban J connectivity index is 1.50. The summed E-state index contributed by atoms with van der Waals surface area (Å²) in [6.07, 6.45) is 1.36. The van der Waals surface area contributed by atoms with Crippen molar-refractivity contribution in [2.24, 2.45) is 0 Å². The number of rotatable bonds is 4. The SMILES string of the molecule is Cc1ccc(NC(=O)c2cc(Nc3ccc4c(c3)OCCO4)ncn2)c(C)c1. The number of carbonyl (C=O) groups is 1. The summed E-state index contributed by atoms with van der Waals surface area (Å²) >= 11 is 0. The van der Waals surface area contributed by atoms with Crippen LogP contribution in [0.4, 0.5) is 17.2 Å². The van der Waals surface area contributed by atoms with Crippen molar-refractivity contribution in [3.8, 4) is 11.5 Å². The molecule has 7 nitrogen and oxygen atoms in total. The first-order valence-corrected chi connectivity index (χ1v) is 8.96. The zero-order valence-electron chi connectivity index (χ0n) is 15.7. The van der Waals surface area contributed by atoms with Gasteiger partial charge in [-0.25, -0.2) is 9.97 Å². The van der Waals surface area contributed by atoms with Crippen LogP contribution in [0, 0.1) is 13.8 Å². The fourth-order valence-electron chi connectivity index (χ4n) is 2.96. The Bertz CT molecular complexity index is 1040. The molecule has 3 aromatic rings. The smallest absolute Gasteiger partial charge is 0.274 e. The molecule has 2 N–H and O–H groups in total. The highest BCUT2D eigenvalue weighted by atomic mass is 16.6. The van der Waals surface area contributed by atoms with Gasteiger partial charge in [-0.15, -0.1) is 0 Å². The quantitative estimate of drug-likeness (QED) is 0.719. The zero-order chi connectivity index (χ0) is 19.5. The molecule has 1 aliphatic rings. The predicted octanol–water partition coefficient (Wildman–Crippen LogP) is 3.86. The second kappa shape index (κ2) is 7.56. The monoisotopic (exact) mass is 376 g/mol. The van der Waals surface area contributed by atoms with E-state index in [-0.39, 0.29) is 11.6 Å². The van der Waals surface area contributed by atoms with E-state index in [0.29, 0.717) is 30.5 Å². The molecule has 1 amide bonds. The first-order valence-electron chi connectivity index (χ1n) is 8.96. The number of hydrogen-bond acceptors (Lipinski definition) is 6. The topological polar surface area (TPSA) is 85.4 Å². The zero-order valence-corrected chi connectivity index (χ0v) is 15.7. The van der Waals surface area contributed by atoms with Crippen LogP contribution >= 0.6 is 0 Å². The lowest BCUT2D eigenvalue weighted by Crippen LogP contribution is -2.15. The highest BCUT2D eigenvalue weighted by molar-refractivity contribution is 6.03. The molecule has 0 radical (unpaired) electrons. The number of fused-ring (bicyclic) bond motifs is 1. The van der Waals surface area contributed by atoms with Gasteiger partial charge >= 0.3 is 0 Å². The van der Waals surface area contributed by atoms with Gasteiger partial charge < -0.3 is 20.1 Å². The van der Waals surface area contributed by atoms with Gasteiger partial charge in [0.05, 0.1) is 0 Å². The molecule has 2 aromatic carbocycles. The van der Waals surface area contributed by atoms with Crippen LogP contribution in [0.2, 0.25) is 0 Å². The van der Waals surface area contributed by atoms with Gasteiger partial charge in [-0.3, -0.25) is 4.79 Å². The van der Waals surface area contributed by atoms with Crippen molar-refractivity contribution in [2.75, 3.05) is 23.8 Å². The Kier molecular flexibility index (Phi) is 4.80. The molecule has 28 heavy (non-hydrogen) atoms. The number of anilines is 3. The van der Waals surface area contributed by atoms with Crippen LogP contribution in [0.1, 0.15) is 21.6 Å². The van der Waals surface area contributed by atoms with Crippen molar-refractivity contribution in [1.82, 2.24) is 9.97 Å². The summed E-state index contributed by atoms with van der Waals surface area (Å²) in [5, 5.41) is 6.06. The summed E-state index contributed by atoms with van der Waals surface area (Å²) in [6.45, 7) is 5.04. The molecule has 2 heterocycles. The molecule has 0 aliphatic carbocycles. The van der Waals surface area contributed by atoms with E-state index in [4.69, 9.17) is 9.47 Å². The standard InChI is InChI=1S/C21H20N4O3/c1-13-3-5-16(14(2)9-13)25-21(26)17-11-20(23-12-22-17)24-15-4-6-18-19(10-15)28-8-7-27-18/h3-6,9-12H,7-8H2,1-2H3,(H,25,26)(H,22,23,24). The van der Waals surface area contributed by atoms with Crippen molar-refractivity contribution in [3.05, 3.63) is 65.6 Å². The van der Waals surface area contributed by atoms with Crippen LogP contribution in [-0.2, 0) is 0 Å². The van der Waals surface area contributed by atoms with Crippen LogP contribution in [0.5, 0.6) is 11.5 Å². The lowest BCUT2D eigenvalue weighted by atomic mass is 10.1. The largest absolute Gasteiger partial charge is 0.486 e. The van der Waals surface area contributed by atoms with E-state index in [1.807, 2.05) is 50.2 Å². The lowest BCUT2D eigenvalue weighted by molar-refractivity contribution is 0.102. The number of nitrogens with zero attached hydrogens (tertiary/aromatic N) is 2. The maximum absolute atomic E-state index is 12.6. The minimum absolute atomic E-state index is 0.273. The molecule has 0 saturated heterocycles. The number of hydrogen-bond donors (Lipinski definition) is 2. The van der Waals surface area contributed by atoms with Crippen LogP contribution < -0.4 is 20.1 Å². The minimum atomic E-state index is -0.292. The molecule has 0 spiro atoms. The predicted molar refractivity (Wildman–Crippen MR) is 107 cm³/mol. The Morgan fingerprint density at radius 1 is 0.964 bits per heavy atom. The van der Waals surface area contributed by atoms with Crippen molar-refractivity contribution in [2.45, 2.75) is 13.8 Å². The first kappa shape index (κ1) is 17.8. The number of ether oxygens (including phenoxy) is 2. The molecule has 0 fully saturated rings. The van der Waals surface area contributed by atoms with Crippen molar-refractivity contribution < 1.29 is 14.3 Å². The Morgan fingerprint density at radius 2 is 1.79 bits per heavy atom. The normalized spacial score (nSPS) is 12.4. The van der Waals surface area contributed by atoms with Crippen LogP contribution in [-0.4, -0.2) is 29.1 Å². The summed E-state index contributed by atoms with van der Waals surface area (Å²) in [6, 6.07) is 13.0. The van der Waals surface area contributed by atoms with Crippen LogP contribution in [0.15, 0.2) is 48.8 Å². The third-order valence-corrected chi connectivity index (χ3v) is 4.34. The third kappa shape index (κ3) is 3.88. The van der Waals surface area contributed by atoms with E-state index in [1.165, 1.54) is 6.33 Å². The second-order valence-electron chi connectivity index (χ2n) is 6.54. The van der Waals surface area contributed by atoms with Gasteiger partial charge in [-0.05, 0) is 37.6 Å². The van der Waals surface area contributed by atoms with E-state index < -0.39 is 0 Å². The highest BCUT2D eigenvalue weighted by Gasteiger charge is 2.13. The van der Waals surface area contributed by atoms with Gasteiger partial charge in [0, 0.05) is 23.5 Å². The Morgan fingerprint density at radius 3 is 2.61 bits per heavy atom. The van der Waals surface area contributed by atoms with Crippen molar-refractivity contribution in [3.63, 3.8) is 0 Å². The van der Waals surface area contributed by atoms with Gasteiger partial charge in [-0.1, -0.05) is 17.7 Å². The van der Waals surface area contributed by atoms with Gasteiger partial charge in [-0.2, -0.15) is 0 Å². The van der Waals surface area contributed by atoms with E-state index in [2.05, 4.69) is 20.6 Å². The maximum Gasteiger partial charge on any atom is 0.274 e. The lowest BCUT2D eigenvalue weighted by Gasteiger charge is -2.19. The Labute approximate surface area is 162 Å². The van der Waals surface area contributed by atoms with Crippen LogP contribution in [0.3, 0.4) is 0 Å². The molecule has 1 aliphatic heterocycles. The molecule has 4 rings (SSSR count). The first-order chi connectivity index (χ1) is 13.6. The summed E-state index contributed by atoms with van der Waals surface area (Å²) < 4.78 is 11.1. The number of aryl methyl sites for hydroxylation is 2. The molecule has 0 unspecified atom stereocenters. The molecule has 0 saturated carbocycles. The fourth-order valence-corrected chi connectivity index (χ4v) is 2.96. The molecule has 7 heteroatoms. The second-order valence-corrected chi connectivity index (χ2v) is 6.54. The minimum Gasteiger partial charge on any atom is -0.486 e. The molecule has 1 aromatic heterocycles.